The molecule has 4 heteroatoms. The Balaban J connectivity index is 3.96. The molecule has 86 valence electrons. The summed E-state index contributed by atoms with van der Waals surface area (Å²) in [6.45, 7) is 5.52. The summed E-state index contributed by atoms with van der Waals surface area (Å²) >= 11 is 0. The largest absolute Gasteiger partial charge is 0.481 e. The Bertz CT molecular complexity index is 259. The van der Waals surface area contributed by atoms with Crippen molar-refractivity contribution in [2.75, 3.05) is 0 Å². The van der Waals surface area contributed by atoms with Gasteiger partial charge in [0.2, 0.25) is 5.91 Å². The molecule has 1 atom stereocenters. The summed E-state index contributed by atoms with van der Waals surface area (Å²) in [5, 5.41) is 11.2. The fourth-order valence-electron chi connectivity index (χ4n) is 1.15. The van der Waals surface area contributed by atoms with Crippen LogP contribution in [0.25, 0.3) is 0 Å². The molecule has 0 aromatic carbocycles. The number of hydrogen-bond donors (Lipinski definition) is 2. The van der Waals surface area contributed by atoms with E-state index >= 15 is 0 Å². The van der Waals surface area contributed by atoms with Crippen LogP contribution in [-0.4, -0.2) is 23.0 Å². The highest BCUT2D eigenvalue weighted by Gasteiger charge is 2.09. The number of allylic oxidation sites excluding steroid dienone is 1. The van der Waals surface area contributed by atoms with E-state index < -0.39 is 5.97 Å². The van der Waals surface area contributed by atoms with E-state index in [1.807, 2.05) is 13.0 Å². The minimum atomic E-state index is -0.836. The number of carbonyl (C=O) groups is 2. The van der Waals surface area contributed by atoms with Gasteiger partial charge in [0.05, 0.1) is 0 Å². The molecule has 0 aromatic rings. The summed E-state index contributed by atoms with van der Waals surface area (Å²) in [6, 6.07) is -0.103. The van der Waals surface area contributed by atoms with Gasteiger partial charge in [-0.05, 0) is 26.7 Å². The van der Waals surface area contributed by atoms with Gasteiger partial charge in [-0.1, -0.05) is 13.0 Å². The van der Waals surface area contributed by atoms with Crippen LogP contribution in [0.2, 0.25) is 0 Å². The second-order valence-electron chi connectivity index (χ2n) is 3.60. The lowest BCUT2D eigenvalue weighted by atomic mass is 10.1. The number of carbonyl (C=O) groups excluding carboxylic acids is 1. The molecule has 0 rings (SSSR count). The van der Waals surface area contributed by atoms with Crippen LogP contribution in [0.5, 0.6) is 0 Å². The molecule has 0 fully saturated rings. The second kappa shape index (κ2) is 7.04. The highest BCUT2D eigenvalue weighted by Crippen LogP contribution is 2.00. The van der Waals surface area contributed by atoms with Crippen LogP contribution in [0.4, 0.5) is 0 Å². The minimum Gasteiger partial charge on any atom is -0.481 e. The summed E-state index contributed by atoms with van der Waals surface area (Å²) in [5.74, 6) is -0.952. The van der Waals surface area contributed by atoms with E-state index in [0.29, 0.717) is 12.0 Å². The summed E-state index contributed by atoms with van der Waals surface area (Å²) in [7, 11) is 0. The Kier molecular flexibility index (Phi) is 6.42. The van der Waals surface area contributed by atoms with Crippen LogP contribution in [0, 0.1) is 0 Å². The maximum atomic E-state index is 11.5. The topological polar surface area (TPSA) is 66.4 Å². The van der Waals surface area contributed by atoms with Gasteiger partial charge in [0.1, 0.15) is 0 Å². The number of hydrogen-bond acceptors (Lipinski definition) is 2. The average molecular weight is 213 g/mol. The number of aliphatic carboxylic acids is 1. The Hall–Kier alpha value is -1.32. The molecule has 15 heavy (non-hydrogen) atoms. The van der Waals surface area contributed by atoms with Crippen molar-refractivity contribution in [2.24, 2.45) is 0 Å². The van der Waals surface area contributed by atoms with E-state index in [2.05, 4.69) is 5.32 Å². The minimum absolute atomic E-state index is 0.0813. The molecule has 0 aliphatic carbocycles. The van der Waals surface area contributed by atoms with Gasteiger partial charge in [-0.3, -0.25) is 9.59 Å². The zero-order chi connectivity index (χ0) is 11.8. The van der Waals surface area contributed by atoms with Crippen molar-refractivity contribution < 1.29 is 14.7 Å². The Morgan fingerprint density at radius 3 is 2.53 bits per heavy atom. The SMILES string of the molecule is CC/C=C(/C)C(=O)N[C@@H](C)CCC(=O)O. The number of carboxylic acids is 1. The number of amides is 1. The predicted molar refractivity (Wildman–Crippen MR) is 58.5 cm³/mol. The summed E-state index contributed by atoms with van der Waals surface area (Å²) in [4.78, 5) is 21.8. The lowest BCUT2D eigenvalue weighted by Crippen LogP contribution is -2.33. The maximum absolute atomic E-state index is 11.5. The summed E-state index contributed by atoms with van der Waals surface area (Å²) in [5.41, 5.74) is 0.680. The highest BCUT2D eigenvalue weighted by atomic mass is 16.4. The van der Waals surface area contributed by atoms with E-state index in [0.717, 1.165) is 6.42 Å². The van der Waals surface area contributed by atoms with Crippen molar-refractivity contribution >= 4 is 11.9 Å². The van der Waals surface area contributed by atoms with Crippen LogP contribution < -0.4 is 5.32 Å². The van der Waals surface area contributed by atoms with Crippen LogP contribution in [0.1, 0.15) is 40.0 Å². The molecule has 0 unspecified atom stereocenters. The van der Waals surface area contributed by atoms with Gasteiger partial charge >= 0.3 is 5.97 Å². The van der Waals surface area contributed by atoms with Gasteiger partial charge < -0.3 is 10.4 Å². The molecule has 0 bridgehead atoms. The number of rotatable bonds is 6. The van der Waals surface area contributed by atoms with Gasteiger partial charge in [0.25, 0.3) is 0 Å². The number of nitrogens with one attached hydrogen (secondary N) is 1. The summed E-state index contributed by atoms with van der Waals surface area (Å²) < 4.78 is 0. The van der Waals surface area contributed by atoms with Crippen molar-refractivity contribution in [3.8, 4) is 0 Å². The normalized spacial score (nSPS) is 13.4. The zero-order valence-electron chi connectivity index (χ0n) is 9.54. The zero-order valence-corrected chi connectivity index (χ0v) is 9.54. The van der Waals surface area contributed by atoms with E-state index in [9.17, 15) is 9.59 Å². The van der Waals surface area contributed by atoms with Crippen LogP contribution in [-0.2, 0) is 9.59 Å². The summed E-state index contributed by atoms with van der Waals surface area (Å²) in [6.07, 6.45) is 3.21. The first-order valence-corrected chi connectivity index (χ1v) is 5.16. The first-order chi connectivity index (χ1) is 6.97. The molecular formula is C11H19NO3. The Labute approximate surface area is 90.4 Å². The highest BCUT2D eigenvalue weighted by molar-refractivity contribution is 5.92. The van der Waals surface area contributed by atoms with Crippen molar-refractivity contribution in [1.29, 1.82) is 0 Å². The molecule has 1 amide bonds. The average Bonchev–Trinajstić information content (AvgIpc) is 2.15. The monoisotopic (exact) mass is 213 g/mol. The Morgan fingerprint density at radius 2 is 2.07 bits per heavy atom. The van der Waals surface area contributed by atoms with Gasteiger partial charge in [-0.15, -0.1) is 0 Å². The third-order valence-corrected chi connectivity index (χ3v) is 2.04. The van der Waals surface area contributed by atoms with E-state index in [1.165, 1.54) is 0 Å². The lowest BCUT2D eigenvalue weighted by Gasteiger charge is -2.12. The van der Waals surface area contributed by atoms with Crippen LogP contribution in [0.15, 0.2) is 11.6 Å². The molecule has 0 radical (unpaired) electrons. The quantitative estimate of drug-likeness (QED) is 0.660. The first-order valence-electron chi connectivity index (χ1n) is 5.16. The maximum Gasteiger partial charge on any atom is 0.303 e. The molecule has 0 aliphatic heterocycles. The van der Waals surface area contributed by atoms with Gasteiger partial charge in [0.15, 0.2) is 0 Å². The second-order valence-corrected chi connectivity index (χ2v) is 3.60. The molecule has 0 aliphatic rings. The van der Waals surface area contributed by atoms with Crippen molar-refractivity contribution in [3.05, 3.63) is 11.6 Å². The molecular weight excluding hydrogens is 194 g/mol. The molecule has 0 heterocycles. The van der Waals surface area contributed by atoms with E-state index in [-0.39, 0.29) is 18.4 Å². The fourth-order valence-corrected chi connectivity index (χ4v) is 1.15. The molecule has 0 aromatic heterocycles. The third kappa shape index (κ3) is 6.71. The van der Waals surface area contributed by atoms with Gasteiger partial charge in [0, 0.05) is 18.0 Å². The first kappa shape index (κ1) is 13.7. The third-order valence-electron chi connectivity index (χ3n) is 2.04. The molecule has 0 saturated carbocycles. The number of carboxylic acid groups (broad SMARTS) is 1. The predicted octanol–water partition coefficient (Wildman–Crippen LogP) is 1.71. The molecule has 0 saturated heterocycles. The van der Waals surface area contributed by atoms with Crippen molar-refractivity contribution in [1.82, 2.24) is 5.32 Å². The van der Waals surface area contributed by atoms with Crippen LogP contribution in [0.3, 0.4) is 0 Å². The van der Waals surface area contributed by atoms with E-state index in [1.54, 1.807) is 13.8 Å². The molecule has 4 nitrogen and oxygen atoms in total. The standard InChI is InChI=1S/C11H19NO3/c1-4-5-8(2)11(15)12-9(3)6-7-10(13)14/h5,9H,4,6-7H2,1-3H3,(H,12,15)(H,13,14)/b8-5-/t9-/m0/s1. The van der Waals surface area contributed by atoms with Crippen LogP contribution >= 0.6 is 0 Å². The van der Waals surface area contributed by atoms with Crippen molar-refractivity contribution in [3.63, 3.8) is 0 Å². The van der Waals surface area contributed by atoms with Gasteiger partial charge in [-0.2, -0.15) is 0 Å². The van der Waals surface area contributed by atoms with E-state index in [4.69, 9.17) is 5.11 Å². The lowest BCUT2D eigenvalue weighted by molar-refractivity contribution is -0.137. The van der Waals surface area contributed by atoms with Gasteiger partial charge in [-0.25, -0.2) is 0 Å². The molecule has 2 N–H and O–H groups in total. The Morgan fingerprint density at radius 1 is 1.47 bits per heavy atom. The van der Waals surface area contributed by atoms with Crippen molar-refractivity contribution in [2.45, 2.75) is 46.1 Å². The molecule has 0 spiro atoms. The fraction of sp³-hybridized carbons (Fsp3) is 0.636. The smallest absolute Gasteiger partial charge is 0.303 e.